The Labute approximate surface area is 223 Å². The summed E-state index contributed by atoms with van der Waals surface area (Å²) >= 11 is 1.45. The molecule has 0 aliphatic carbocycles. The number of esters is 1. The fraction of sp³-hybridized carbons (Fsp3) is 0. The normalized spacial score (nSPS) is 11.1. The molecule has 0 saturated carbocycles. The van der Waals surface area contributed by atoms with Gasteiger partial charge in [-0.15, -0.1) is 11.3 Å². The Morgan fingerprint density at radius 2 is 1.67 bits per heavy atom. The molecule has 11 nitrogen and oxygen atoms in total. The van der Waals surface area contributed by atoms with Crippen molar-refractivity contribution in [2.75, 3.05) is 0 Å². The highest BCUT2D eigenvalue weighted by atomic mass is 32.1. The lowest BCUT2D eigenvalue weighted by Crippen LogP contribution is -2.10. The number of carbonyl (C=O) groups excluding carboxylic acids is 1. The van der Waals surface area contributed by atoms with Crippen LogP contribution in [0.15, 0.2) is 89.9 Å². The molecule has 4 aromatic carbocycles. The lowest BCUT2D eigenvalue weighted by Gasteiger charge is -2.06. The molecule has 1 N–H and O–H groups in total. The van der Waals surface area contributed by atoms with Crippen molar-refractivity contribution in [2.45, 2.75) is 0 Å². The van der Waals surface area contributed by atoms with Gasteiger partial charge in [-0.1, -0.05) is 24.3 Å². The van der Waals surface area contributed by atoms with E-state index >= 15 is 0 Å². The van der Waals surface area contributed by atoms with E-state index in [2.05, 4.69) is 9.98 Å². The van der Waals surface area contributed by atoms with Gasteiger partial charge in [0.2, 0.25) is 0 Å². The number of thiazole rings is 1. The van der Waals surface area contributed by atoms with E-state index in [1.54, 1.807) is 24.3 Å². The molecule has 0 saturated heterocycles. The first-order chi connectivity index (χ1) is 18.8. The number of hydrogen-bond acceptors (Lipinski definition) is 10. The van der Waals surface area contributed by atoms with Gasteiger partial charge in [-0.25, -0.2) is 9.78 Å². The van der Waals surface area contributed by atoms with Gasteiger partial charge in [-0.05, 0) is 48.0 Å². The summed E-state index contributed by atoms with van der Waals surface area (Å²) in [6.45, 7) is 0. The van der Waals surface area contributed by atoms with Crippen LogP contribution >= 0.6 is 11.3 Å². The minimum absolute atomic E-state index is 0.0725. The average molecular weight is 541 g/mol. The standard InChI is InChI=1S/C27H16N4O7S/c32-24-9-8-18(13-22(24)26-29-23-6-1-2-7-25(23)39-26)28-15-16-4-3-5-21(10-16)38-27(33)17-11-19(30(34)35)14-20(12-17)31(36)37/h1-15,32H. The number of rotatable bonds is 7. The Morgan fingerprint density at radius 3 is 2.38 bits per heavy atom. The molecule has 0 aliphatic rings. The molecule has 0 atom stereocenters. The van der Waals surface area contributed by atoms with Crippen LogP contribution in [-0.2, 0) is 0 Å². The Hall–Kier alpha value is -5.49. The lowest BCUT2D eigenvalue weighted by atomic mass is 10.1. The molecule has 0 fully saturated rings. The number of nitro groups is 2. The number of nitro benzene ring substituents is 2. The lowest BCUT2D eigenvalue weighted by molar-refractivity contribution is -0.394. The second-order valence-electron chi connectivity index (χ2n) is 8.16. The highest BCUT2D eigenvalue weighted by Crippen LogP contribution is 2.37. The summed E-state index contributed by atoms with van der Waals surface area (Å²) < 4.78 is 6.29. The van der Waals surface area contributed by atoms with Crippen molar-refractivity contribution >= 4 is 50.8 Å². The number of benzene rings is 4. The van der Waals surface area contributed by atoms with Gasteiger partial charge in [0.1, 0.15) is 16.5 Å². The van der Waals surface area contributed by atoms with Crippen LogP contribution in [0, 0.1) is 20.2 Å². The van der Waals surface area contributed by atoms with Crippen LogP contribution in [0.1, 0.15) is 15.9 Å². The molecule has 12 heteroatoms. The molecule has 0 radical (unpaired) electrons. The fourth-order valence-electron chi connectivity index (χ4n) is 3.66. The zero-order valence-corrected chi connectivity index (χ0v) is 20.6. The van der Waals surface area contributed by atoms with Gasteiger partial charge in [-0.2, -0.15) is 0 Å². The third kappa shape index (κ3) is 5.60. The predicted molar refractivity (Wildman–Crippen MR) is 145 cm³/mol. The van der Waals surface area contributed by atoms with Crippen LogP contribution in [0.2, 0.25) is 0 Å². The molecule has 192 valence electrons. The molecule has 0 spiro atoms. The van der Waals surface area contributed by atoms with E-state index in [1.807, 2.05) is 24.3 Å². The van der Waals surface area contributed by atoms with E-state index in [9.17, 15) is 30.1 Å². The summed E-state index contributed by atoms with van der Waals surface area (Å²) in [5, 5.41) is 33.3. The number of phenols is 1. The summed E-state index contributed by atoms with van der Waals surface area (Å²) in [5.41, 5.74) is 0.957. The number of nitrogens with zero attached hydrogens (tertiary/aromatic N) is 4. The number of aliphatic imine (C=N–C) groups is 1. The molecule has 0 unspecified atom stereocenters. The number of carbonyl (C=O) groups is 1. The number of ether oxygens (including phenoxy) is 1. The van der Waals surface area contributed by atoms with E-state index in [4.69, 9.17) is 4.74 Å². The van der Waals surface area contributed by atoms with E-state index in [0.29, 0.717) is 21.8 Å². The minimum Gasteiger partial charge on any atom is -0.507 e. The van der Waals surface area contributed by atoms with Gasteiger partial charge in [-0.3, -0.25) is 25.2 Å². The topological polar surface area (TPSA) is 158 Å². The van der Waals surface area contributed by atoms with Crippen molar-refractivity contribution in [3.05, 3.63) is 116 Å². The van der Waals surface area contributed by atoms with Crippen LogP contribution in [0.3, 0.4) is 0 Å². The van der Waals surface area contributed by atoms with Gasteiger partial charge in [0.05, 0.1) is 42.9 Å². The van der Waals surface area contributed by atoms with Crippen LogP contribution in [0.4, 0.5) is 17.1 Å². The number of hydrogen-bond donors (Lipinski definition) is 1. The molecular weight excluding hydrogens is 524 g/mol. The maximum absolute atomic E-state index is 12.6. The monoisotopic (exact) mass is 540 g/mol. The number of para-hydroxylation sites is 1. The number of non-ortho nitro benzene ring substituents is 2. The van der Waals surface area contributed by atoms with Gasteiger partial charge in [0.25, 0.3) is 11.4 Å². The molecule has 1 heterocycles. The van der Waals surface area contributed by atoms with Crippen molar-refractivity contribution in [1.29, 1.82) is 0 Å². The van der Waals surface area contributed by atoms with Crippen LogP contribution in [-0.4, -0.2) is 32.1 Å². The molecular formula is C27H16N4O7S. The van der Waals surface area contributed by atoms with E-state index in [-0.39, 0.29) is 17.1 Å². The zero-order chi connectivity index (χ0) is 27.5. The third-order valence-electron chi connectivity index (χ3n) is 5.50. The molecule has 0 amide bonds. The second-order valence-corrected chi connectivity index (χ2v) is 9.19. The van der Waals surface area contributed by atoms with Crippen LogP contribution < -0.4 is 4.74 Å². The molecule has 5 rings (SSSR count). The number of fused-ring (bicyclic) bond motifs is 1. The van der Waals surface area contributed by atoms with Crippen LogP contribution in [0.25, 0.3) is 20.8 Å². The maximum Gasteiger partial charge on any atom is 0.344 e. The maximum atomic E-state index is 12.6. The number of aromatic nitrogens is 1. The van der Waals surface area contributed by atoms with Crippen molar-refractivity contribution in [2.24, 2.45) is 4.99 Å². The predicted octanol–water partition coefficient (Wildman–Crippen LogP) is 6.46. The molecule has 5 aromatic rings. The fourth-order valence-corrected chi connectivity index (χ4v) is 4.65. The Bertz CT molecular complexity index is 1730. The number of aromatic hydroxyl groups is 1. The van der Waals surface area contributed by atoms with Crippen molar-refractivity contribution in [3.8, 4) is 22.1 Å². The van der Waals surface area contributed by atoms with E-state index < -0.39 is 27.2 Å². The minimum atomic E-state index is -0.991. The first kappa shape index (κ1) is 25.2. The molecule has 0 aliphatic heterocycles. The van der Waals surface area contributed by atoms with E-state index in [1.165, 1.54) is 35.8 Å². The average Bonchev–Trinajstić information content (AvgIpc) is 3.36. The molecule has 1 aromatic heterocycles. The van der Waals surface area contributed by atoms with Crippen LogP contribution in [0.5, 0.6) is 11.5 Å². The Balaban J connectivity index is 1.36. The Kier molecular flexibility index (Phi) is 6.76. The summed E-state index contributed by atoms with van der Waals surface area (Å²) in [6, 6.07) is 21.5. The van der Waals surface area contributed by atoms with Gasteiger partial charge >= 0.3 is 5.97 Å². The van der Waals surface area contributed by atoms with Crippen molar-refractivity contribution in [1.82, 2.24) is 4.98 Å². The first-order valence-corrected chi connectivity index (χ1v) is 12.1. The quantitative estimate of drug-likeness (QED) is 0.0810. The highest BCUT2D eigenvalue weighted by Gasteiger charge is 2.21. The largest absolute Gasteiger partial charge is 0.507 e. The molecule has 0 bridgehead atoms. The third-order valence-corrected chi connectivity index (χ3v) is 6.57. The summed E-state index contributed by atoms with van der Waals surface area (Å²) in [5.74, 6) is -0.808. The number of phenolic OH excluding ortho intramolecular Hbond substituents is 1. The van der Waals surface area contributed by atoms with Crippen molar-refractivity contribution < 1.29 is 24.5 Å². The summed E-state index contributed by atoms with van der Waals surface area (Å²) in [7, 11) is 0. The highest BCUT2D eigenvalue weighted by molar-refractivity contribution is 7.21. The summed E-state index contributed by atoms with van der Waals surface area (Å²) in [4.78, 5) is 42.2. The van der Waals surface area contributed by atoms with Gasteiger partial charge in [0, 0.05) is 18.3 Å². The van der Waals surface area contributed by atoms with Crippen molar-refractivity contribution in [3.63, 3.8) is 0 Å². The van der Waals surface area contributed by atoms with Gasteiger partial charge < -0.3 is 9.84 Å². The first-order valence-electron chi connectivity index (χ1n) is 11.3. The Morgan fingerprint density at radius 1 is 0.923 bits per heavy atom. The summed E-state index contributed by atoms with van der Waals surface area (Å²) in [6.07, 6.45) is 1.53. The SMILES string of the molecule is O=C(Oc1cccc(C=Nc2ccc(O)c(-c3nc4ccccc4s3)c2)c1)c1cc([N+](=O)[O-])cc([N+](=O)[O-])c1. The molecule has 39 heavy (non-hydrogen) atoms. The smallest absolute Gasteiger partial charge is 0.344 e. The zero-order valence-electron chi connectivity index (χ0n) is 19.8. The van der Waals surface area contributed by atoms with Gasteiger partial charge in [0.15, 0.2) is 0 Å². The van der Waals surface area contributed by atoms with E-state index in [0.717, 1.165) is 28.4 Å². The second kappa shape index (κ2) is 10.5.